The van der Waals surface area contributed by atoms with E-state index in [4.69, 9.17) is 22.1 Å². The molecule has 0 radical (unpaired) electrons. The van der Waals surface area contributed by atoms with E-state index < -0.39 is 20.5 Å². The molecule has 0 unspecified atom stereocenters. The molecule has 4 nitrogen and oxygen atoms in total. The molecule has 3 rings (SSSR count). The fraction of sp³-hybridized carbons (Fsp3) is 0.429. The standard InChI is InChI=1S/C21H26ClNO3S/c1-3-15-5-7-16(8-6-15)19-20(21(19,13-23)14-26-4-2)27(24,25)18-11-9-17(22)10-12-18/h5-12,19-20H,3-4,13-14,23H2,1-2H3/t19-,20+,21+/m1/s1. The number of rotatable bonds is 8. The maximum absolute atomic E-state index is 13.4. The summed E-state index contributed by atoms with van der Waals surface area (Å²) < 4.78 is 32.5. The van der Waals surface area contributed by atoms with Gasteiger partial charge in [0, 0.05) is 29.5 Å². The number of halogens is 1. The molecular weight excluding hydrogens is 382 g/mol. The summed E-state index contributed by atoms with van der Waals surface area (Å²) in [7, 11) is -3.56. The summed E-state index contributed by atoms with van der Waals surface area (Å²) in [6.45, 7) is 5.11. The van der Waals surface area contributed by atoms with Gasteiger partial charge in [0.05, 0.1) is 16.8 Å². The van der Waals surface area contributed by atoms with Crippen LogP contribution in [0.3, 0.4) is 0 Å². The quantitative estimate of drug-likeness (QED) is 0.722. The third-order valence-corrected chi connectivity index (χ3v) is 8.15. The van der Waals surface area contributed by atoms with Crippen molar-refractivity contribution in [3.05, 3.63) is 64.7 Å². The van der Waals surface area contributed by atoms with Crippen LogP contribution in [0.2, 0.25) is 5.02 Å². The van der Waals surface area contributed by atoms with Crippen molar-refractivity contribution in [2.75, 3.05) is 19.8 Å². The number of ether oxygens (including phenoxy) is 1. The SMILES string of the molecule is CCOC[C@@]1(CN)[C@H](c2ccc(CC)cc2)[C@@H]1S(=O)(=O)c1ccc(Cl)cc1. The molecule has 1 fully saturated rings. The molecule has 0 bridgehead atoms. The largest absolute Gasteiger partial charge is 0.381 e. The number of benzene rings is 2. The van der Waals surface area contributed by atoms with Gasteiger partial charge in [0.2, 0.25) is 0 Å². The van der Waals surface area contributed by atoms with Crippen molar-refractivity contribution in [1.82, 2.24) is 0 Å². The number of nitrogens with two attached hydrogens (primary N) is 1. The van der Waals surface area contributed by atoms with Crippen LogP contribution in [-0.4, -0.2) is 33.4 Å². The van der Waals surface area contributed by atoms with E-state index in [1.54, 1.807) is 24.3 Å². The summed E-state index contributed by atoms with van der Waals surface area (Å²) in [6, 6.07) is 14.5. The molecule has 1 aliphatic rings. The molecular formula is C21H26ClNO3S. The minimum atomic E-state index is -3.56. The summed E-state index contributed by atoms with van der Waals surface area (Å²) in [6.07, 6.45) is 0.943. The van der Waals surface area contributed by atoms with Crippen LogP contribution in [0.25, 0.3) is 0 Å². The summed E-state index contributed by atoms with van der Waals surface area (Å²) in [5, 5.41) is -0.0916. The molecule has 0 aliphatic heterocycles. The van der Waals surface area contributed by atoms with Crippen LogP contribution in [0, 0.1) is 5.41 Å². The van der Waals surface area contributed by atoms with Gasteiger partial charge in [-0.2, -0.15) is 0 Å². The van der Waals surface area contributed by atoms with E-state index >= 15 is 0 Å². The van der Waals surface area contributed by atoms with Crippen molar-refractivity contribution >= 4 is 21.4 Å². The topological polar surface area (TPSA) is 69.4 Å². The monoisotopic (exact) mass is 407 g/mol. The summed E-state index contributed by atoms with van der Waals surface area (Å²) in [5.74, 6) is -0.180. The number of sulfone groups is 1. The van der Waals surface area contributed by atoms with Gasteiger partial charge in [-0.25, -0.2) is 8.42 Å². The molecule has 146 valence electrons. The Morgan fingerprint density at radius 3 is 2.22 bits per heavy atom. The van der Waals surface area contributed by atoms with Gasteiger partial charge in [0.1, 0.15) is 0 Å². The maximum atomic E-state index is 13.4. The zero-order valence-electron chi connectivity index (χ0n) is 15.7. The lowest BCUT2D eigenvalue weighted by Gasteiger charge is -2.16. The summed E-state index contributed by atoms with van der Waals surface area (Å²) in [4.78, 5) is 0.277. The van der Waals surface area contributed by atoms with Gasteiger partial charge in [0.15, 0.2) is 9.84 Å². The summed E-state index contributed by atoms with van der Waals surface area (Å²) in [5.41, 5.74) is 7.73. The van der Waals surface area contributed by atoms with Gasteiger partial charge in [-0.1, -0.05) is 42.8 Å². The first-order valence-electron chi connectivity index (χ1n) is 9.26. The Morgan fingerprint density at radius 2 is 1.70 bits per heavy atom. The minimum absolute atomic E-state index is 0.180. The van der Waals surface area contributed by atoms with E-state index in [0.717, 1.165) is 12.0 Å². The Morgan fingerprint density at radius 1 is 1.07 bits per heavy atom. The second-order valence-corrected chi connectivity index (χ2v) is 9.57. The van der Waals surface area contributed by atoms with Crippen molar-refractivity contribution in [3.8, 4) is 0 Å². The van der Waals surface area contributed by atoms with E-state index in [2.05, 4.69) is 19.1 Å². The van der Waals surface area contributed by atoms with E-state index in [1.165, 1.54) is 5.56 Å². The van der Waals surface area contributed by atoms with E-state index in [-0.39, 0.29) is 17.4 Å². The van der Waals surface area contributed by atoms with Gasteiger partial charge in [0.25, 0.3) is 0 Å². The first kappa shape index (κ1) is 20.3. The summed E-state index contributed by atoms with van der Waals surface area (Å²) >= 11 is 5.93. The highest BCUT2D eigenvalue weighted by molar-refractivity contribution is 7.92. The lowest BCUT2D eigenvalue weighted by atomic mass is 9.99. The zero-order valence-corrected chi connectivity index (χ0v) is 17.3. The molecule has 0 amide bonds. The van der Waals surface area contributed by atoms with Crippen LogP contribution in [0.4, 0.5) is 0 Å². The Kier molecular flexibility index (Phi) is 5.96. The van der Waals surface area contributed by atoms with E-state index in [1.807, 2.05) is 19.1 Å². The smallest absolute Gasteiger partial charge is 0.182 e. The zero-order chi connectivity index (χ0) is 19.7. The van der Waals surface area contributed by atoms with Gasteiger partial charge < -0.3 is 10.5 Å². The normalized spacial score (nSPS) is 24.7. The van der Waals surface area contributed by atoms with Crippen LogP contribution in [0.1, 0.15) is 30.9 Å². The van der Waals surface area contributed by atoms with Crippen LogP contribution < -0.4 is 5.73 Å². The van der Waals surface area contributed by atoms with E-state index in [0.29, 0.717) is 18.2 Å². The van der Waals surface area contributed by atoms with Gasteiger partial charge in [-0.05, 0) is 48.7 Å². The van der Waals surface area contributed by atoms with Crippen molar-refractivity contribution < 1.29 is 13.2 Å². The highest BCUT2D eigenvalue weighted by Gasteiger charge is 2.70. The van der Waals surface area contributed by atoms with Crippen molar-refractivity contribution in [3.63, 3.8) is 0 Å². The fourth-order valence-electron chi connectivity index (χ4n) is 3.95. The van der Waals surface area contributed by atoms with Gasteiger partial charge in [-0.3, -0.25) is 0 Å². The highest BCUT2D eigenvalue weighted by Crippen LogP contribution is 2.63. The molecule has 3 atom stereocenters. The lowest BCUT2D eigenvalue weighted by Crippen LogP contribution is -2.29. The molecule has 6 heteroatoms. The molecule has 1 saturated carbocycles. The highest BCUT2D eigenvalue weighted by atomic mass is 35.5. The van der Waals surface area contributed by atoms with Crippen LogP contribution in [-0.2, 0) is 21.0 Å². The number of hydrogen-bond acceptors (Lipinski definition) is 4. The molecule has 0 aromatic heterocycles. The third kappa shape index (κ3) is 3.66. The lowest BCUT2D eigenvalue weighted by molar-refractivity contribution is 0.101. The predicted octanol–water partition coefficient (Wildman–Crippen LogP) is 3.82. The number of hydrogen-bond donors (Lipinski definition) is 1. The average molecular weight is 408 g/mol. The van der Waals surface area contributed by atoms with Gasteiger partial charge in [-0.15, -0.1) is 0 Å². The number of aryl methyl sites for hydroxylation is 1. The Balaban J connectivity index is 2.02. The molecule has 0 heterocycles. The Labute approximate surface area is 166 Å². The van der Waals surface area contributed by atoms with Crippen molar-refractivity contribution in [2.45, 2.75) is 36.3 Å². The maximum Gasteiger partial charge on any atom is 0.182 e. The Bertz CT molecular complexity index is 881. The molecule has 1 aliphatic carbocycles. The molecule has 2 aromatic rings. The second kappa shape index (κ2) is 7.92. The molecule has 2 aromatic carbocycles. The first-order chi connectivity index (χ1) is 12.9. The molecule has 0 spiro atoms. The fourth-order valence-corrected chi connectivity index (χ4v) is 6.52. The van der Waals surface area contributed by atoms with Crippen LogP contribution in [0.5, 0.6) is 0 Å². The van der Waals surface area contributed by atoms with Gasteiger partial charge >= 0.3 is 0 Å². The average Bonchev–Trinajstić information content (AvgIpc) is 3.37. The van der Waals surface area contributed by atoms with Crippen molar-refractivity contribution in [2.24, 2.45) is 11.1 Å². The molecule has 2 N–H and O–H groups in total. The Hall–Kier alpha value is -1.40. The third-order valence-electron chi connectivity index (χ3n) is 5.56. The van der Waals surface area contributed by atoms with E-state index in [9.17, 15) is 8.42 Å². The first-order valence-corrected chi connectivity index (χ1v) is 11.2. The minimum Gasteiger partial charge on any atom is -0.381 e. The van der Waals surface area contributed by atoms with Crippen LogP contribution >= 0.6 is 11.6 Å². The molecule has 0 saturated heterocycles. The van der Waals surface area contributed by atoms with Crippen LogP contribution in [0.15, 0.2) is 53.4 Å². The second-order valence-electron chi connectivity index (χ2n) is 7.07. The van der Waals surface area contributed by atoms with Crippen molar-refractivity contribution in [1.29, 1.82) is 0 Å². The molecule has 27 heavy (non-hydrogen) atoms. The predicted molar refractivity (Wildman–Crippen MR) is 109 cm³/mol.